The van der Waals surface area contributed by atoms with Crippen molar-refractivity contribution in [2.45, 2.75) is 31.2 Å². The third-order valence-corrected chi connectivity index (χ3v) is 5.22. The average Bonchev–Trinajstić information content (AvgIpc) is 2.35. The highest BCUT2D eigenvalue weighted by Crippen LogP contribution is 2.14. The number of nitrogens with zero attached hydrogens (tertiary/aromatic N) is 2. The third-order valence-electron chi connectivity index (χ3n) is 3.35. The van der Waals surface area contributed by atoms with Gasteiger partial charge in [-0.15, -0.1) is 0 Å². The molecule has 0 atom stereocenters. The first kappa shape index (κ1) is 16.1. The van der Waals surface area contributed by atoms with Gasteiger partial charge >= 0.3 is 0 Å². The van der Waals surface area contributed by atoms with E-state index >= 15 is 0 Å². The highest BCUT2D eigenvalue weighted by atomic mass is 32.2. The molecule has 0 unspecified atom stereocenters. The molecule has 0 bridgehead atoms. The van der Waals surface area contributed by atoms with Crippen molar-refractivity contribution in [3.63, 3.8) is 0 Å². The minimum atomic E-state index is -3.37. The molecule has 5 heteroatoms. The molecule has 0 amide bonds. The van der Waals surface area contributed by atoms with E-state index in [4.69, 9.17) is 0 Å². The van der Waals surface area contributed by atoms with Gasteiger partial charge in [-0.1, -0.05) is 18.2 Å². The molecule has 108 valence electrons. The van der Waals surface area contributed by atoms with Gasteiger partial charge in [0.1, 0.15) is 0 Å². The maximum Gasteiger partial charge on any atom is 0.242 e. The van der Waals surface area contributed by atoms with Crippen LogP contribution in [-0.2, 0) is 10.0 Å². The lowest BCUT2D eigenvalue weighted by molar-refractivity contribution is 0.168. The lowest BCUT2D eigenvalue weighted by Crippen LogP contribution is -2.43. The molecule has 0 aliphatic heterocycles. The first-order chi connectivity index (χ1) is 8.65. The number of likely N-dealkylation sites (N-methyl/N-ethyl adjacent to an activating group) is 2. The second-order valence-electron chi connectivity index (χ2n) is 5.73. The number of hydrogen-bond acceptors (Lipinski definition) is 3. The van der Waals surface area contributed by atoms with Crippen LogP contribution in [0.2, 0.25) is 0 Å². The number of benzene rings is 1. The van der Waals surface area contributed by atoms with E-state index in [1.165, 1.54) is 4.31 Å². The predicted octanol–water partition coefficient (Wildman–Crippen LogP) is 2.04. The van der Waals surface area contributed by atoms with Gasteiger partial charge in [0.15, 0.2) is 0 Å². The topological polar surface area (TPSA) is 40.6 Å². The summed E-state index contributed by atoms with van der Waals surface area (Å²) >= 11 is 0. The Morgan fingerprint density at radius 3 is 2.00 bits per heavy atom. The lowest BCUT2D eigenvalue weighted by atomic mass is 10.1. The van der Waals surface area contributed by atoms with Gasteiger partial charge in [0.05, 0.1) is 4.90 Å². The molecule has 0 aliphatic rings. The van der Waals surface area contributed by atoms with Gasteiger partial charge < -0.3 is 4.90 Å². The standard InChI is InChI=1S/C14H24N2O2S/c1-14(2,3)15(4)11-12-16(5)19(17,18)13-9-7-6-8-10-13/h6-10H,11-12H2,1-5H3. The zero-order chi connectivity index (χ0) is 14.7. The third kappa shape index (κ3) is 4.30. The molecule has 0 spiro atoms. The fourth-order valence-corrected chi connectivity index (χ4v) is 2.70. The van der Waals surface area contributed by atoms with Gasteiger partial charge in [0.2, 0.25) is 10.0 Å². The van der Waals surface area contributed by atoms with Crippen molar-refractivity contribution in [2.75, 3.05) is 27.2 Å². The Morgan fingerprint density at radius 2 is 1.53 bits per heavy atom. The second-order valence-corrected chi connectivity index (χ2v) is 7.78. The van der Waals surface area contributed by atoms with Crippen molar-refractivity contribution in [3.05, 3.63) is 30.3 Å². The Morgan fingerprint density at radius 1 is 1.00 bits per heavy atom. The van der Waals surface area contributed by atoms with Crippen LogP contribution in [0, 0.1) is 0 Å². The van der Waals surface area contributed by atoms with Crippen molar-refractivity contribution >= 4 is 10.0 Å². The molecule has 1 aromatic rings. The van der Waals surface area contributed by atoms with E-state index in [1.54, 1.807) is 31.3 Å². The Bertz CT molecular complexity index is 492. The molecular formula is C14H24N2O2S. The Labute approximate surface area is 117 Å². The van der Waals surface area contributed by atoms with Crippen LogP contribution in [0.15, 0.2) is 35.2 Å². The summed E-state index contributed by atoms with van der Waals surface area (Å²) in [5, 5.41) is 0. The van der Waals surface area contributed by atoms with E-state index in [0.717, 1.165) is 0 Å². The highest BCUT2D eigenvalue weighted by Gasteiger charge is 2.22. The van der Waals surface area contributed by atoms with E-state index in [-0.39, 0.29) is 5.54 Å². The summed E-state index contributed by atoms with van der Waals surface area (Å²) in [4.78, 5) is 2.49. The molecule has 19 heavy (non-hydrogen) atoms. The fourth-order valence-electron chi connectivity index (χ4n) is 1.52. The number of sulfonamides is 1. The van der Waals surface area contributed by atoms with Crippen molar-refractivity contribution in [2.24, 2.45) is 0 Å². The van der Waals surface area contributed by atoms with Crippen molar-refractivity contribution in [1.82, 2.24) is 9.21 Å². The van der Waals surface area contributed by atoms with E-state index < -0.39 is 10.0 Å². The summed E-state index contributed by atoms with van der Waals surface area (Å²) in [7, 11) is 0.253. The predicted molar refractivity (Wildman–Crippen MR) is 78.6 cm³/mol. The summed E-state index contributed by atoms with van der Waals surface area (Å²) in [6.07, 6.45) is 0. The molecule has 0 radical (unpaired) electrons. The van der Waals surface area contributed by atoms with Crippen LogP contribution < -0.4 is 0 Å². The molecule has 0 saturated carbocycles. The molecule has 0 fully saturated rings. The van der Waals surface area contributed by atoms with E-state index in [2.05, 4.69) is 25.7 Å². The summed E-state index contributed by atoms with van der Waals surface area (Å²) in [6, 6.07) is 8.54. The first-order valence-corrected chi connectivity index (χ1v) is 7.82. The number of hydrogen-bond donors (Lipinski definition) is 0. The van der Waals surface area contributed by atoms with Crippen molar-refractivity contribution < 1.29 is 8.42 Å². The van der Waals surface area contributed by atoms with E-state index in [1.807, 2.05) is 13.1 Å². The second kappa shape index (κ2) is 6.03. The van der Waals surface area contributed by atoms with Crippen LogP contribution in [0.25, 0.3) is 0 Å². The fraction of sp³-hybridized carbons (Fsp3) is 0.571. The molecule has 1 aromatic carbocycles. The summed E-state index contributed by atoms with van der Waals surface area (Å²) in [5.41, 5.74) is 0.0390. The van der Waals surface area contributed by atoms with Gasteiger partial charge in [-0.25, -0.2) is 8.42 Å². The molecule has 1 rings (SSSR count). The number of rotatable bonds is 5. The molecule has 0 saturated heterocycles. The van der Waals surface area contributed by atoms with Crippen molar-refractivity contribution in [3.8, 4) is 0 Å². The molecule has 4 nitrogen and oxygen atoms in total. The van der Waals surface area contributed by atoms with Crippen LogP contribution in [-0.4, -0.2) is 50.3 Å². The first-order valence-electron chi connectivity index (χ1n) is 6.38. The molecule has 0 aliphatic carbocycles. The van der Waals surface area contributed by atoms with Gasteiger partial charge in [0, 0.05) is 25.7 Å². The Hall–Kier alpha value is -0.910. The van der Waals surface area contributed by atoms with Gasteiger partial charge in [0.25, 0.3) is 0 Å². The summed E-state index contributed by atoms with van der Waals surface area (Å²) in [6.45, 7) is 7.51. The molecule has 0 aromatic heterocycles. The van der Waals surface area contributed by atoms with Crippen LogP contribution in [0.1, 0.15) is 20.8 Å². The summed E-state index contributed by atoms with van der Waals surface area (Å²) in [5.74, 6) is 0. The van der Waals surface area contributed by atoms with Gasteiger partial charge in [-0.05, 0) is 40.0 Å². The largest absolute Gasteiger partial charge is 0.300 e. The Balaban J connectivity index is 2.71. The minimum absolute atomic E-state index is 0.0390. The van der Waals surface area contributed by atoms with Crippen molar-refractivity contribution in [1.29, 1.82) is 0 Å². The van der Waals surface area contributed by atoms with Gasteiger partial charge in [-0.3, -0.25) is 0 Å². The normalized spacial score (nSPS) is 13.2. The maximum absolute atomic E-state index is 12.3. The molecule has 0 heterocycles. The van der Waals surface area contributed by atoms with Gasteiger partial charge in [-0.2, -0.15) is 4.31 Å². The molecule has 0 N–H and O–H groups in total. The quantitative estimate of drug-likeness (QED) is 0.831. The smallest absolute Gasteiger partial charge is 0.242 e. The zero-order valence-corrected chi connectivity index (χ0v) is 13.2. The van der Waals surface area contributed by atoms with Crippen LogP contribution in [0.3, 0.4) is 0 Å². The van der Waals surface area contributed by atoms with Crippen LogP contribution >= 0.6 is 0 Å². The zero-order valence-electron chi connectivity index (χ0n) is 12.4. The van der Waals surface area contributed by atoms with Crippen LogP contribution in [0.4, 0.5) is 0 Å². The minimum Gasteiger partial charge on any atom is -0.300 e. The molecular weight excluding hydrogens is 260 g/mol. The average molecular weight is 284 g/mol. The highest BCUT2D eigenvalue weighted by molar-refractivity contribution is 7.89. The van der Waals surface area contributed by atoms with E-state index in [0.29, 0.717) is 18.0 Å². The van der Waals surface area contributed by atoms with E-state index in [9.17, 15) is 8.42 Å². The Kier molecular flexibility index (Phi) is 5.12. The van der Waals surface area contributed by atoms with Crippen LogP contribution in [0.5, 0.6) is 0 Å². The maximum atomic E-state index is 12.3. The SMILES string of the molecule is CN(CCN(C)S(=O)(=O)c1ccccc1)C(C)(C)C. The summed E-state index contributed by atoms with van der Waals surface area (Å²) < 4.78 is 26.0. The monoisotopic (exact) mass is 284 g/mol. The lowest BCUT2D eigenvalue weighted by Gasteiger charge is -2.33.